The normalized spacial score (nSPS) is 49.4. The zero-order valence-electron chi connectivity index (χ0n) is 38.5. The second-order valence-electron chi connectivity index (χ2n) is 19.4. The van der Waals surface area contributed by atoms with E-state index >= 15 is 0 Å². The second-order valence-corrected chi connectivity index (χ2v) is 19.4. The Morgan fingerprint density at radius 2 is 1.63 bits per heavy atom. The minimum Gasteiger partial charge on any atom is -0.462 e. The molecule has 0 aromatic rings. The van der Waals surface area contributed by atoms with E-state index in [2.05, 4.69) is 40.7 Å². The first-order chi connectivity index (χ1) is 29.5. The number of carbonyl (C=O) groups excluding carboxylic acids is 1. The highest BCUT2D eigenvalue weighted by Gasteiger charge is 2.60. The number of aliphatic hydroxyl groups is 3. The van der Waals surface area contributed by atoms with E-state index in [4.69, 9.17) is 47.4 Å². The van der Waals surface area contributed by atoms with Gasteiger partial charge in [-0.25, -0.2) is 0 Å². The third-order valence-electron chi connectivity index (χ3n) is 14.9. The molecule has 0 aromatic heterocycles. The van der Waals surface area contributed by atoms with Gasteiger partial charge in [-0.15, -0.1) is 0 Å². The minimum atomic E-state index is -1.82. The van der Waals surface area contributed by atoms with Crippen LogP contribution in [0.4, 0.5) is 0 Å². The van der Waals surface area contributed by atoms with Crippen LogP contribution in [0.25, 0.3) is 0 Å². The molecule has 2 bridgehead atoms. The lowest BCUT2D eigenvalue weighted by molar-refractivity contribution is -0.340. The van der Waals surface area contributed by atoms with Gasteiger partial charge in [0.2, 0.25) is 0 Å². The molecule has 6 aliphatic heterocycles. The van der Waals surface area contributed by atoms with Gasteiger partial charge in [0, 0.05) is 52.2 Å². The quantitative estimate of drug-likeness (QED) is 0.204. The van der Waals surface area contributed by atoms with Crippen LogP contribution in [0.2, 0.25) is 0 Å². The van der Waals surface area contributed by atoms with Crippen molar-refractivity contribution in [2.24, 2.45) is 23.7 Å². The number of ether oxygens (including phenoxy) is 10. The predicted octanol–water partition coefficient (Wildman–Crippen LogP) is 5.60. The van der Waals surface area contributed by atoms with E-state index < -0.39 is 90.8 Å². The fourth-order valence-corrected chi connectivity index (χ4v) is 11.0. The van der Waals surface area contributed by atoms with Crippen molar-refractivity contribution >= 4 is 5.97 Å². The molecule has 0 saturated carbocycles. The summed E-state index contributed by atoms with van der Waals surface area (Å²) < 4.78 is 63.9. The first-order valence-electron chi connectivity index (χ1n) is 23.2. The summed E-state index contributed by atoms with van der Waals surface area (Å²) in [6.07, 6.45) is 6.53. The molecule has 1 unspecified atom stereocenters. The average Bonchev–Trinajstić information content (AvgIpc) is 3.58. The lowest BCUT2D eigenvalue weighted by Crippen LogP contribution is -2.58. The number of methoxy groups -OCH3 is 2. The lowest BCUT2D eigenvalue weighted by Gasteiger charge is -2.51. The van der Waals surface area contributed by atoms with Crippen LogP contribution < -0.4 is 0 Å². The number of hydrogen-bond acceptors (Lipinski definition) is 14. The van der Waals surface area contributed by atoms with Crippen LogP contribution in [0.5, 0.6) is 0 Å². The molecule has 14 heteroatoms. The van der Waals surface area contributed by atoms with E-state index in [0.29, 0.717) is 61.5 Å². The molecule has 1 spiro atoms. The number of aliphatic hydroxyl groups excluding tert-OH is 2. The standard InChI is InChI=1S/C48H74O14/c1-11-25(2)43-28(5)17-18-47(62-43)23-34-20-33(61-47)16-15-27(4)42(26(3)13-12-14-32-24-55-45-40(49)29(6)19-35(46(51)58-34)48(32,45)52)59-39-22-37(54-10)44(31(8)57-39)60-38-21-36(53-9)41(50)30(7)56-38/h12-15,19,25-26,28,30-31,33-45,49-50,52H,11,16-18,20-24H2,1-10H3/b13-12+,27-15+,32-14+/t25?,26-,28-,30-,31-,33+,34-,35-,36+,37-,38-,39-,40+,41-,42-,43+,44-,45+,47+,48+/m0/s1. The van der Waals surface area contributed by atoms with Crippen molar-refractivity contribution in [1.82, 2.24) is 0 Å². The van der Waals surface area contributed by atoms with Crippen molar-refractivity contribution in [1.29, 1.82) is 0 Å². The molecule has 7 aliphatic rings. The van der Waals surface area contributed by atoms with Crippen LogP contribution in [0.3, 0.4) is 0 Å². The summed E-state index contributed by atoms with van der Waals surface area (Å²) in [6, 6.07) is 0. The third kappa shape index (κ3) is 9.73. The van der Waals surface area contributed by atoms with Gasteiger partial charge in [0.15, 0.2) is 18.4 Å². The molecule has 5 saturated heterocycles. The molecule has 350 valence electrons. The van der Waals surface area contributed by atoms with Crippen LogP contribution in [-0.4, -0.2) is 139 Å². The second kappa shape index (κ2) is 19.8. The number of allylic oxidation sites excluding steroid dienone is 2. The highest BCUT2D eigenvalue weighted by molar-refractivity contribution is 5.78. The van der Waals surface area contributed by atoms with Crippen molar-refractivity contribution in [3.05, 3.63) is 47.1 Å². The molecule has 0 radical (unpaired) electrons. The predicted molar refractivity (Wildman–Crippen MR) is 227 cm³/mol. The summed E-state index contributed by atoms with van der Waals surface area (Å²) >= 11 is 0. The maximum absolute atomic E-state index is 14.4. The Kier molecular flexibility index (Phi) is 15.3. The van der Waals surface area contributed by atoms with Crippen molar-refractivity contribution in [2.45, 2.75) is 204 Å². The molecule has 7 rings (SSSR count). The topological polar surface area (TPSA) is 170 Å². The van der Waals surface area contributed by atoms with Crippen molar-refractivity contribution < 1.29 is 67.5 Å². The number of esters is 1. The Balaban J connectivity index is 1.18. The minimum absolute atomic E-state index is 0.00708. The molecule has 20 atom stereocenters. The molecular formula is C48H74O14. The van der Waals surface area contributed by atoms with E-state index in [1.54, 1.807) is 40.2 Å². The Labute approximate surface area is 368 Å². The lowest BCUT2D eigenvalue weighted by atomic mass is 9.71. The summed E-state index contributed by atoms with van der Waals surface area (Å²) in [5, 5.41) is 34.2. The molecular weight excluding hydrogens is 801 g/mol. The van der Waals surface area contributed by atoms with Crippen LogP contribution in [0.15, 0.2) is 47.1 Å². The Morgan fingerprint density at radius 3 is 2.35 bits per heavy atom. The molecule has 6 heterocycles. The van der Waals surface area contributed by atoms with Crippen molar-refractivity contribution in [3.8, 4) is 0 Å². The summed E-state index contributed by atoms with van der Waals surface area (Å²) in [5.41, 5.74) is 0.188. The molecule has 1 aliphatic carbocycles. The van der Waals surface area contributed by atoms with Crippen LogP contribution >= 0.6 is 0 Å². The maximum Gasteiger partial charge on any atom is 0.316 e. The highest BCUT2D eigenvalue weighted by atomic mass is 16.7. The van der Waals surface area contributed by atoms with Crippen LogP contribution in [0, 0.1) is 23.7 Å². The van der Waals surface area contributed by atoms with Gasteiger partial charge >= 0.3 is 5.97 Å². The van der Waals surface area contributed by atoms with Gasteiger partial charge in [0.25, 0.3) is 0 Å². The molecule has 0 amide bonds. The average molecular weight is 875 g/mol. The van der Waals surface area contributed by atoms with Crippen molar-refractivity contribution in [3.63, 3.8) is 0 Å². The third-order valence-corrected chi connectivity index (χ3v) is 14.9. The zero-order chi connectivity index (χ0) is 44.7. The van der Waals surface area contributed by atoms with Gasteiger partial charge in [0.05, 0.1) is 49.3 Å². The van der Waals surface area contributed by atoms with E-state index in [0.717, 1.165) is 18.4 Å². The maximum atomic E-state index is 14.4. The van der Waals surface area contributed by atoms with Gasteiger partial charge in [-0.05, 0) is 69.1 Å². The number of fused-ring (bicyclic) bond motifs is 2. The Morgan fingerprint density at radius 1 is 0.919 bits per heavy atom. The van der Waals surface area contributed by atoms with Gasteiger partial charge in [-0.2, -0.15) is 0 Å². The fourth-order valence-electron chi connectivity index (χ4n) is 11.0. The highest BCUT2D eigenvalue weighted by Crippen LogP contribution is 2.48. The first kappa shape index (κ1) is 47.9. The zero-order valence-corrected chi connectivity index (χ0v) is 38.5. The molecule has 5 fully saturated rings. The Bertz CT molecular complexity index is 1680. The van der Waals surface area contributed by atoms with E-state index in [1.165, 1.54) is 0 Å². The van der Waals surface area contributed by atoms with Gasteiger partial charge in [0.1, 0.15) is 42.0 Å². The molecule has 3 N–H and O–H groups in total. The molecule has 14 nitrogen and oxygen atoms in total. The molecule has 62 heavy (non-hydrogen) atoms. The van der Waals surface area contributed by atoms with E-state index in [9.17, 15) is 20.1 Å². The monoisotopic (exact) mass is 875 g/mol. The van der Waals surface area contributed by atoms with Crippen LogP contribution in [0.1, 0.15) is 107 Å². The van der Waals surface area contributed by atoms with Gasteiger partial charge in [-0.3, -0.25) is 4.79 Å². The first-order valence-corrected chi connectivity index (χ1v) is 23.2. The number of carbonyl (C=O) groups is 1. The van der Waals surface area contributed by atoms with E-state index in [1.807, 2.05) is 19.1 Å². The molecule has 0 aromatic carbocycles. The summed E-state index contributed by atoms with van der Waals surface area (Å²) in [4.78, 5) is 14.4. The summed E-state index contributed by atoms with van der Waals surface area (Å²) in [7, 11) is 3.23. The van der Waals surface area contributed by atoms with E-state index in [-0.39, 0.29) is 30.8 Å². The summed E-state index contributed by atoms with van der Waals surface area (Å²) in [5.74, 6) is -2.10. The fraction of sp³-hybridized carbons (Fsp3) is 0.812. The largest absolute Gasteiger partial charge is 0.462 e. The van der Waals surface area contributed by atoms with Gasteiger partial charge in [-0.1, -0.05) is 64.5 Å². The Hall–Kier alpha value is -2.05. The smallest absolute Gasteiger partial charge is 0.316 e. The van der Waals surface area contributed by atoms with Crippen molar-refractivity contribution in [2.75, 3.05) is 20.8 Å². The summed E-state index contributed by atoms with van der Waals surface area (Å²) in [6.45, 7) is 16.3. The number of rotatable bonds is 8. The van der Waals surface area contributed by atoms with Gasteiger partial charge < -0.3 is 62.7 Å². The van der Waals surface area contributed by atoms with Crippen LogP contribution in [-0.2, 0) is 52.2 Å². The number of hydrogen-bond donors (Lipinski definition) is 3. The SMILES string of the molecule is CCC(C)[C@H]1O[C@]2(CC[C@@H]1C)C[C@@H]1C[C@@H](C/C=C(\C)[C@@H](O[C@H]3C[C@H](OC)[C@@H](O[C@H]4C[C@@H](OC)[C@@H](O)[C@H](C)O4)[C@H](C)O3)[C@@H](C)/C=C/C=C3\CO[C@@H]4[C@H](O)C(C)=C[C@@H](C(=O)O1)[C@]34O)O2.